The summed E-state index contributed by atoms with van der Waals surface area (Å²) >= 11 is 0. The van der Waals surface area contributed by atoms with Crippen LogP contribution >= 0.6 is 0 Å². The highest BCUT2D eigenvalue weighted by molar-refractivity contribution is 5.91. The number of hydrogen-bond acceptors (Lipinski definition) is 4. The van der Waals surface area contributed by atoms with Crippen molar-refractivity contribution in [2.24, 2.45) is 0 Å². The Morgan fingerprint density at radius 3 is 2.41 bits per heavy atom. The summed E-state index contributed by atoms with van der Waals surface area (Å²) in [5.74, 6) is -1.40. The van der Waals surface area contributed by atoms with Crippen LogP contribution in [0.2, 0.25) is 0 Å². The van der Waals surface area contributed by atoms with Crippen LogP contribution in [-0.2, 0) is 0 Å². The average molecular weight is 306 g/mol. The summed E-state index contributed by atoms with van der Waals surface area (Å²) in [7, 11) is 0. The zero-order valence-corrected chi connectivity index (χ0v) is 12.7. The molecule has 0 amide bonds. The van der Waals surface area contributed by atoms with Crippen molar-refractivity contribution in [3.63, 3.8) is 0 Å². The lowest BCUT2D eigenvalue weighted by molar-refractivity contribution is 0.0690. The van der Waals surface area contributed by atoms with Gasteiger partial charge >= 0.3 is 5.97 Å². The van der Waals surface area contributed by atoms with Crippen LogP contribution in [0.5, 0.6) is 0 Å². The number of carbonyl (C=O) groups is 1. The third-order valence-corrected chi connectivity index (χ3v) is 3.15. The van der Waals surface area contributed by atoms with Crippen molar-refractivity contribution >= 4 is 11.8 Å². The lowest BCUT2D eigenvalue weighted by atomic mass is 10.3. The number of aromatic carboxylic acids is 1. The van der Waals surface area contributed by atoms with Gasteiger partial charge in [-0.15, -0.1) is 15.0 Å². The number of carboxylic acids is 1. The molecule has 2 rings (SSSR count). The summed E-state index contributed by atoms with van der Waals surface area (Å²) in [5, 5.41) is 17.5. The summed E-state index contributed by atoms with van der Waals surface area (Å²) in [6, 6.07) is 6.00. The molecule has 0 saturated heterocycles. The topological polar surface area (TPSA) is 71.2 Å². The molecule has 0 aliphatic heterocycles. The van der Waals surface area contributed by atoms with Crippen LogP contribution in [0.3, 0.4) is 0 Å². The predicted octanol–water partition coefficient (Wildman–Crippen LogP) is 2.73. The Hall–Kier alpha value is -2.44. The molecule has 0 aliphatic carbocycles. The standard InChI is InChI=1S/C15H19FN4O2/c1-3-9-19(10-4-2)14-13(15(21)22)17-20(18-14)12-8-6-5-7-11(12)16/h5-8H,3-4,9-10H2,1-2H3,(H,21,22). The Balaban J connectivity index is 2.50. The molecule has 0 saturated carbocycles. The fraction of sp³-hybridized carbons (Fsp3) is 0.400. The SMILES string of the molecule is CCCN(CCC)c1nn(-c2ccccc2F)nc1C(=O)O. The Morgan fingerprint density at radius 2 is 1.86 bits per heavy atom. The Bertz CT molecular complexity index is 651. The molecule has 0 aliphatic rings. The van der Waals surface area contributed by atoms with Gasteiger partial charge in [-0.05, 0) is 25.0 Å². The van der Waals surface area contributed by atoms with Gasteiger partial charge in [0.25, 0.3) is 0 Å². The maximum atomic E-state index is 13.9. The van der Waals surface area contributed by atoms with Crippen molar-refractivity contribution in [3.05, 3.63) is 35.8 Å². The van der Waals surface area contributed by atoms with Gasteiger partial charge in [0, 0.05) is 13.1 Å². The summed E-state index contributed by atoms with van der Waals surface area (Å²) in [5.41, 5.74) is -0.0330. The smallest absolute Gasteiger partial charge is 0.360 e. The Labute approximate surface area is 128 Å². The third-order valence-electron chi connectivity index (χ3n) is 3.15. The van der Waals surface area contributed by atoms with Gasteiger partial charge in [0.1, 0.15) is 5.69 Å². The van der Waals surface area contributed by atoms with Crippen molar-refractivity contribution < 1.29 is 14.3 Å². The minimum atomic E-state index is -1.17. The summed E-state index contributed by atoms with van der Waals surface area (Å²) < 4.78 is 13.9. The molecule has 0 fully saturated rings. The van der Waals surface area contributed by atoms with Gasteiger partial charge in [-0.3, -0.25) is 0 Å². The normalized spacial score (nSPS) is 10.7. The van der Waals surface area contributed by atoms with Gasteiger partial charge in [-0.25, -0.2) is 9.18 Å². The monoisotopic (exact) mass is 306 g/mol. The van der Waals surface area contributed by atoms with Gasteiger partial charge in [0.05, 0.1) is 0 Å². The van der Waals surface area contributed by atoms with E-state index in [2.05, 4.69) is 10.2 Å². The van der Waals surface area contributed by atoms with Gasteiger partial charge in [0.15, 0.2) is 11.6 Å². The highest BCUT2D eigenvalue weighted by Crippen LogP contribution is 2.20. The van der Waals surface area contributed by atoms with Crippen LogP contribution in [0.25, 0.3) is 5.69 Å². The van der Waals surface area contributed by atoms with E-state index in [9.17, 15) is 14.3 Å². The molecule has 0 radical (unpaired) electrons. The number of hydrogen-bond donors (Lipinski definition) is 1. The quantitative estimate of drug-likeness (QED) is 0.851. The van der Waals surface area contributed by atoms with Gasteiger partial charge in [-0.1, -0.05) is 26.0 Å². The fourth-order valence-electron chi connectivity index (χ4n) is 2.24. The summed E-state index contributed by atoms with van der Waals surface area (Å²) in [4.78, 5) is 14.3. The second kappa shape index (κ2) is 7.02. The predicted molar refractivity (Wildman–Crippen MR) is 81.1 cm³/mol. The van der Waals surface area contributed by atoms with E-state index in [4.69, 9.17) is 0 Å². The van der Waals surface area contributed by atoms with E-state index in [0.29, 0.717) is 13.1 Å². The number of anilines is 1. The first kappa shape index (κ1) is 15.9. The van der Waals surface area contributed by atoms with E-state index in [1.165, 1.54) is 12.1 Å². The first-order valence-electron chi connectivity index (χ1n) is 7.29. The highest BCUT2D eigenvalue weighted by atomic mass is 19.1. The Morgan fingerprint density at radius 1 is 1.23 bits per heavy atom. The summed E-state index contributed by atoms with van der Waals surface area (Å²) in [6.07, 6.45) is 1.71. The average Bonchev–Trinajstić information content (AvgIpc) is 2.92. The first-order valence-corrected chi connectivity index (χ1v) is 7.29. The fourth-order valence-corrected chi connectivity index (χ4v) is 2.24. The maximum absolute atomic E-state index is 13.9. The van der Waals surface area contributed by atoms with Gasteiger partial charge < -0.3 is 10.0 Å². The molecule has 118 valence electrons. The number of rotatable bonds is 7. The molecule has 1 heterocycles. The molecule has 22 heavy (non-hydrogen) atoms. The lowest BCUT2D eigenvalue weighted by Crippen LogP contribution is -2.27. The zero-order chi connectivity index (χ0) is 16.1. The molecule has 0 spiro atoms. The highest BCUT2D eigenvalue weighted by Gasteiger charge is 2.23. The molecule has 0 atom stereocenters. The van der Waals surface area contributed by atoms with Crippen LogP contribution in [0.15, 0.2) is 24.3 Å². The van der Waals surface area contributed by atoms with Crippen LogP contribution in [-0.4, -0.2) is 39.2 Å². The van der Waals surface area contributed by atoms with Crippen molar-refractivity contribution in [3.8, 4) is 5.69 Å². The molecular weight excluding hydrogens is 287 g/mol. The van der Waals surface area contributed by atoms with Crippen LogP contribution in [0, 0.1) is 5.82 Å². The molecule has 2 aromatic rings. The molecule has 1 aromatic carbocycles. The molecule has 1 aromatic heterocycles. The number of para-hydroxylation sites is 1. The number of halogens is 1. The largest absolute Gasteiger partial charge is 0.476 e. The molecule has 0 bridgehead atoms. The molecule has 7 heteroatoms. The summed E-state index contributed by atoms with van der Waals surface area (Å²) in [6.45, 7) is 5.35. The number of benzene rings is 1. The van der Waals surface area contributed by atoms with E-state index >= 15 is 0 Å². The molecule has 0 unspecified atom stereocenters. The maximum Gasteiger partial charge on any atom is 0.360 e. The first-order chi connectivity index (χ1) is 10.6. The number of aromatic nitrogens is 3. The van der Waals surface area contributed by atoms with E-state index < -0.39 is 11.8 Å². The Kier molecular flexibility index (Phi) is 5.08. The third kappa shape index (κ3) is 3.24. The second-order valence-corrected chi connectivity index (χ2v) is 4.91. The second-order valence-electron chi connectivity index (χ2n) is 4.91. The molecule has 1 N–H and O–H groups in total. The lowest BCUT2D eigenvalue weighted by Gasteiger charge is -2.20. The van der Waals surface area contributed by atoms with Crippen molar-refractivity contribution in [2.75, 3.05) is 18.0 Å². The minimum Gasteiger partial charge on any atom is -0.476 e. The van der Waals surface area contributed by atoms with Crippen molar-refractivity contribution in [1.82, 2.24) is 15.0 Å². The minimum absolute atomic E-state index is 0.129. The molecular formula is C15H19FN4O2. The van der Waals surface area contributed by atoms with E-state index in [1.54, 1.807) is 12.1 Å². The van der Waals surface area contributed by atoms with Crippen LogP contribution < -0.4 is 4.90 Å². The van der Waals surface area contributed by atoms with Crippen LogP contribution in [0.1, 0.15) is 37.2 Å². The van der Waals surface area contributed by atoms with Crippen molar-refractivity contribution in [1.29, 1.82) is 0 Å². The van der Waals surface area contributed by atoms with Crippen LogP contribution in [0.4, 0.5) is 10.2 Å². The molecule has 6 nitrogen and oxygen atoms in total. The van der Waals surface area contributed by atoms with Gasteiger partial charge in [0.2, 0.25) is 5.69 Å². The van der Waals surface area contributed by atoms with E-state index in [1.807, 2.05) is 18.7 Å². The number of nitrogens with zero attached hydrogens (tertiary/aromatic N) is 4. The van der Waals surface area contributed by atoms with Gasteiger partial charge in [-0.2, -0.15) is 0 Å². The number of carboxylic acid groups (broad SMARTS) is 1. The van der Waals surface area contributed by atoms with Crippen molar-refractivity contribution in [2.45, 2.75) is 26.7 Å². The zero-order valence-electron chi connectivity index (χ0n) is 12.7. The van der Waals surface area contributed by atoms with E-state index in [0.717, 1.165) is 17.6 Å². The van der Waals surface area contributed by atoms with E-state index in [-0.39, 0.29) is 17.2 Å².